The SMILES string of the molecule is COC(=O)c1ccc(OC)cc1Nc1cc(F)cc(F)c1. The molecular formula is C15H13F2NO3. The van der Waals surface area contributed by atoms with Crippen molar-refractivity contribution in [3.05, 3.63) is 53.6 Å². The molecule has 0 unspecified atom stereocenters. The van der Waals surface area contributed by atoms with Gasteiger partial charge in [0.05, 0.1) is 25.5 Å². The quantitative estimate of drug-likeness (QED) is 0.876. The third kappa shape index (κ3) is 3.47. The van der Waals surface area contributed by atoms with Crippen molar-refractivity contribution in [3.63, 3.8) is 0 Å². The number of benzene rings is 2. The number of carbonyl (C=O) groups is 1. The lowest BCUT2D eigenvalue weighted by atomic mass is 10.1. The van der Waals surface area contributed by atoms with Crippen LogP contribution < -0.4 is 10.1 Å². The third-order valence-corrected chi connectivity index (χ3v) is 2.77. The van der Waals surface area contributed by atoms with Crippen LogP contribution in [-0.4, -0.2) is 20.2 Å². The summed E-state index contributed by atoms with van der Waals surface area (Å²) >= 11 is 0. The molecule has 4 nitrogen and oxygen atoms in total. The highest BCUT2D eigenvalue weighted by atomic mass is 19.1. The zero-order valence-electron chi connectivity index (χ0n) is 11.4. The molecule has 0 aliphatic heterocycles. The van der Waals surface area contributed by atoms with Crippen molar-refractivity contribution in [2.75, 3.05) is 19.5 Å². The molecule has 0 radical (unpaired) electrons. The second-order valence-electron chi connectivity index (χ2n) is 4.19. The fourth-order valence-electron chi connectivity index (χ4n) is 1.82. The highest BCUT2D eigenvalue weighted by molar-refractivity contribution is 5.96. The topological polar surface area (TPSA) is 47.6 Å². The van der Waals surface area contributed by atoms with E-state index in [9.17, 15) is 13.6 Å². The van der Waals surface area contributed by atoms with E-state index in [2.05, 4.69) is 10.1 Å². The Morgan fingerprint density at radius 3 is 2.29 bits per heavy atom. The Hall–Kier alpha value is -2.63. The first kappa shape index (κ1) is 14.8. The van der Waals surface area contributed by atoms with Gasteiger partial charge in [-0.05, 0) is 24.3 Å². The molecule has 1 N–H and O–H groups in total. The molecule has 21 heavy (non-hydrogen) atoms. The number of halogens is 2. The number of nitrogens with one attached hydrogen (secondary N) is 1. The van der Waals surface area contributed by atoms with Gasteiger partial charge in [0.1, 0.15) is 17.4 Å². The summed E-state index contributed by atoms with van der Waals surface area (Å²) in [5, 5.41) is 2.78. The van der Waals surface area contributed by atoms with E-state index >= 15 is 0 Å². The number of methoxy groups -OCH3 is 2. The van der Waals surface area contributed by atoms with Gasteiger partial charge < -0.3 is 14.8 Å². The molecule has 110 valence electrons. The summed E-state index contributed by atoms with van der Waals surface area (Å²) in [5.74, 6) is -1.53. The fourth-order valence-corrected chi connectivity index (χ4v) is 1.82. The van der Waals surface area contributed by atoms with E-state index in [1.54, 1.807) is 6.07 Å². The predicted octanol–water partition coefficient (Wildman–Crippen LogP) is 3.50. The molecule has 0 bridgehead atoms. The van der Waals surface area contributed by atoms with Crippen LogP contribution in [0.2, 0.25) is 0 Å². The van der Waals surface area contributed by atoms with Crippen molar-refractivity contribution in [3.8, 4) is 5.75 Å². The Morgan fingerprint density at radius 1 is 1.05 bits per heavy atom. The molecule has 6 heteroatoms. The number of esters is 1. The van der Waals surface area contributed by atoms with E-state index in [4.69, 9.17) is 4.74 Å². The molecule has 0 fully saturated rings. The number of carbonyl (C=O) groups excluding carboxylic acids is 1. The molecule has 0 amide bonds. The molecule has 2 aromatic carbocycles. The summed E-state index contributed by atoms with van der Waals surface area (Å²) in [6.07, 6.45) is 0. The maximum absolute atomic E-state index is 13.2. The molecule has 0 spiro atoms. The molecule has 2 aromatic rings. The molecule has 0 aliphatic rings. The van der Waals surface area contributed by atoms with Crippen LogP contribution in [0.25, 0.3) is 0 Å². The number of hydrogen-bond donors (Lipinski definition) is 1. The van der Waals surface area contributed by atoms with Crippen LogP contribution in [0, 0.1) is 11.6 Å². The average Bonchev–Trinajstić information content (AvgIpc) is 2.45. The van der Waals surface area contributed by atoms with E-state index in [0.717, 1.165) is 18.2 Å². The van der Waals surface area contributed by atoms with Gasteiger partial charge >= 0.3 is 5.97 Å². The van der Waals surface area contributed by atoms with E-state index in [1.807, 2.05) is 0 Å². The summed E-state index contributed by atoms with van der Waals surface area (Å²) in [6, 6.07) is 7.62. The maximum Gasteiger partial charge on any atom is 0.339 e. The average molecular weight is 293 g/mol. The van der Waals surface area contributed by atoms with Crippen molar-refractivity contribution in [2.24, 2.45) is 0 Å². The molecule has 2 rings (SSSR count). The molecule has 0 aliphatic carbocycles. The standard InChI is InChI=1S/C15H13F2NO3/c1-20-12-3-4-13(15(19)21-2)14(8-12)18-11-6-9(16)5-10(17)7-11/h3-8,18H,1-2H3. The van der Waals surface area contributed by atoms with Crippen LogP contribution in [0.15, 0.2) is 36.4 Å². The smallest absolute Gasteiger partial charge is 0.339 e. The first-order chi connectivity index (χ1) is 10.0. The minimum atomic E-state index is -0.722. The number of rotatable bonds is 4. The lowest BCUT2D eigenvalue weighted by molar-refractivity contribution is 0.0602. The highest BCUT2D eigenvalue weighted by Gasteiger charge is 2.13. The molecule has 0 aromatic heterocycles. The highest BCUT2D eigenvalue weighted by Crippen LogP contribution is 2.27. The fraction of sp³-hybridized carbons (Fsp3) is 0.133. The van der Waals surface area contributed by atoms with Gasteiger partial charge in [-0.1, -0.05) is 0 Å². The van der Waals surface area contributed by atoms with Crippen LogP contribution in [0.4, 0.5) is 20.2 Å². The van der Waals surface area contributed by atoms with Gasteiger partial charge in [0, 0.05) is 17.8 Å². The molecule has 0 saturated heterocycles. The number of ether oxygens (including phenoxy) is 2. The Morgan fingerprint density at radius 2 is 1.71 bits per heavy atom. The van der Waals surface area contributed by atoms with E-state index in [1.165, 1.54) is 26.4 Å². The Balaban J connectivity index is 2.43. The molecule has 0 saturated carbocycles. The largest absolute Gasteiger partial charge is 0.497 e. The number of anilines is 2. The van der Waals surface area contributed by atoms with E-state index < -0.39 is 17.6 Å². The lowest BCUT2D eigenvalue weighted by Gasteiger charge is -2.12. The summed E-state index contributed by atoms with van der Waals surface area (Å²) < 4.78 is 36.1. The normalized spacial score (nSPS) is 10.1. The summed E-state index contributed by atoms with van der Waals surface area (Å²) in [5.41, 5.74) is 0.722. The van der Waals surface area contributed by atoms with Crippen LogP contribution in [0.1, 0.15) is 10.4 Å². The minimum absolute atomic E-state index is 0.172. The first-order valence-electron chi connectivity index (χ1n) is 6.03. The van der Waals surface area contributed by atoms with Crippen LogP contribution in [0.5, 0.6) is 5.75 Å². The zero-order chi connectivity index (χ0) is 15.4. The van der Waals surface area contributed by atoms with E-state index in [-0.39, 0.29) is 11.3 Å². The number of hydrogen-bond acceptors (Lipinski definition) is 4. The second-order valence-corrected chi connectivity index (χ2v) is 4.19. The summed E-state index contributed by atoms with van der Waals surface area (Å²) in [6.45, 7) is 0. The van der Waals surface area contributed by atoms with Gasteiger partial charge in [-0.25, -0.2) is 13.6 Å². The lowest BCUT2D eigenvalue weighted by Crippen LogP contribution is -2.06. The van der Waals surface area contributed by atoms with Crippen molar-refractivity contribution in [1.82, 2.24) is 0 Å². The summed E-state index contributed by atoms with van der Waals surface area (Å²) in [7, 11) is 2.72. The third-order valence-electron chi connectivity index (χ3n) is 2.77. The van der Waals surface area contributed by atoms with Gasteiger partial charge in [0.25, 0.3) is 0 Å². The Labute approximate surface area is 120 Å². The Bertz CT molecular complexity index is 654. The van der Waals surface area contributed by atoms with Crippen LogP contribution in [0.3, 0.4) is 0 Å². The van der Waals surface area contributed by atoms with Crippen molar-refractivity contribution in [2.45, 2.75) is 0 Å². The van der Waals surface area contributed by atoms with Crippen molar-refractivity contribution < 1.29 is 23.0 Å². The van der Waals surface area contributed by atoms with Crippen molar-refractivity contribution in [1.29, 1.82) is 0 Å². The van der Waals surface area contributed by atoms with Gasteiger partial charge in [-0.2, -0.15) is 0 Å². The van der Waals surface area contributed by atoms with E-state index in [0.29, 0.717) is 11.4 Å². The second kappa shape index (κ2) is 6.21. The van der Waals surface area contributed by atoms with Crippen LogP contribution in [-0.2, 0) is 4.74 Å². The van der Waals surface area contributed by atoms with Crippen molar-refractivity contribution >= 4 is 17.3 Å². The monoisotopic (exact) mass is 293 g/mol. The minimum Gasteiger partial charge on any atom is -0.497 e. The molecule has 0 heterocycles. The van der Waals surface area contributed by atoms with Gasteiger partial charge in [0.2, 0.25) is 0 Å². The molecule has 0 atom stereocenters. The van der Waals surface area contributed by atoms with Gasteiger partial charge in [0.15, 0.2) is 0 Å². The Kier molecular flexibility index (Phi) is 4.37. The predicted molar refractivity (Wildman–Crippen MR) is 74.0 cm³/mol. The first-order valence-corrected chi connectivity index (χ1v) is 6.03. The molecular weight excluding hydrogens is 280 g/mol. The zero-order valence-corrected chi connectivity index (χ0v) is 11.4. The maximum atomic E-state index is 13.2. The van der Waals surface area contributed by atoms with Gasteiger partial charge in [-0.15, -0.1) is 0 Å². The summed E-state index contributed by atoms with van der Waals surface area (Å²) in [4.78, 5) is 11.7. The van der Waals surface area contributed by atoms with Crippen LogP contribution >= 0.6 is 0 Å². The van der Waals surface area contributed by atoms with Gasteiger partial charge in [-0.3, -0.25) is 0 Å².